The first-order valence-electron chi connectivity index (χ1n) is 11.0. The van der Waals surface area contributed by atoms with Crippen molar-refractivity contribution in [3.63, 3.8) is 0 Å². The van der Waals surface area contributed by atoms with E-state index in [9.17, 15) is 4.79 Å². The minimum atomic E-state index is -0.333. The Morgan fingerprint density at radius 1 is 1.23 bits per heavy atom. The quantitative estimate of drug-likeness (QED) is 0.709. The van der Waals surface area contributed by atoms with Crippen LogP contribution in [0.15, 0.2) is 42.5 Å². The summed E-state index contributed by atoms with van der Waals surface area (Å²) in [7, 11) is 1.65. The van der Waals surface area contributed by atoms with Crippen LogP contribution in [-0.2, 0) is 11.3 Å². The van der Waals surface area contributed by atoms with Crippen molar-refractivity contribution < 1.29 is 14.3 Å². The molecule has 1 N–H and O–H groups in total. The maximum absolute atomic E-state index is 13.1. The zero-order valence-corrected chi connectivity index (χ0v) is 19.2. The number of nitrogens with one attached hydrogen (secondary N) is 1. The predicted octanol–water partition coefficient (Wildman–Crippen LogP) is 4.98. The number of methoxy groups -OCH3 is 1. The lowest BCUT2D eigenvalue weighted by atomic mass is 9.88. The number of benzene rings is 2. The Morgan fingerprint density at radius 3 is 2.71 bits per heavy atom. The van der Waals surface area contributed by atoms with Crippen LogP contribution in [0.4, 0.5) is 0 Å². The van der Waals surface area contributed by atoms with Crippen LogP contribution < -0.4 is 14.8 Å². The largest absolute Gasteiger partial charge is 0.497 e. The van der Waals surface area contributed by atoms with Crippen molar-refractivity contribution in [3.8, 4) is 11.5 Å². The molecule has 2 heterocycles. The van der Waals surface area contributed by atoms with Gasteiger partial charge >= 0.3 is 0 Å². The zero-order valence-electron chi connectivity index (χ0n) is 18.5. The van der Waals surface area contributed by atoms with Crippen molar-refractivity contribution in [1.29, 1.82) is 0 Å². The van der Waals surface area contributed by atoms with Crippen LogP contribution in [0.2, 0.25) is 5.02 Å². The number of carbonyl (C=O) groups excluding carboxylic acids is 1. The average molecular weight is 443 g/mol. The van der Waals surface area contributed by atoms with E-state index >= 15 is 0 Å². The molecule has 1 atom stereocenters. The molecule has 4 rings (SSSR count). The number of fused-ring (bicyclic) bond motifs is 1. The smallest absolute Gasteiger partial charge is 0.223 e. The number of halogens is 1. The van der Waals surface area contributed by atoms with Gasteiger partial charge in [-0.2, -0.15) is 0 Å². The number of piperidine rings is 1. The maximum atomic E-state index is 13.1. The molecule has 2 aliphatic heterocycles. The summed E-state index contributed by atoms with van der Waals surface area (Å²) in [6.45, 7) is 6.82. The number of rotatable bonds is 5. The predicted molar refractivity (Wildman–Crippen MR) is 123 cm³/mol. The van der Waals surface area contributed by atoms with Gasteiger partial charge in [0.2, 0.25) is 5.91 Å². The van der Waals surface area contributed by atoms with Crippen LogP contribution in [0.5, 0.6) is 11.5 Å². The molecule has 5 nitrogen and oxygen atoms in total. The van der Waals surface area contributed by atoms with Gasteiger partial charge < -0.3 is 14.8 Å². The SMILES string of the molecule is COc1ccc2c(c1)[C@H](NC(=O)C1CCN(Cc3cccc(Cl)c3)CC1)CC(C)(C)O2. The first-order chi connectivity index (χ1) is 14.8. The second-order valence-electron chi connectivity index (χ2n) is 9.21. The van der Waals surface area contributed by atoms with E-state index in [1.807, 2.05) is 36.4 Å². The van der Waals surface area contributed by atoms with Gasteiger partial charge in [0.05, 0.1) is 13.2 Å². The number of ether oxygens (including phenoxy) is 2. The number of amides is 1. The Hall–Kier alpha value is -2.24. The zero-order chi connectivity index (χ0) is 22.0. The Morgan fingerprint density at radius 2 is 2.00 bits per heavy atom. The molecule has 0 saturated carbocycles. The molecular weight excluding hydrogens is 412 g/mol. The van der Waals surface area contributed by atoms with Gasteiger partial charge in [-0.15, -0.1) is 0 Å². The highest BCUT2D eigenvalue weighted by atomic mass is 35.5. The van der Waals surface area contributed by atoms with Gasteiger partial charge in [-0.3, -0.25) is 9.69 Å². The van der Waals surface area contributed by atoms with E-state index < -0.39 is 0 Å². The minimum Gasteiger partial charge on any atom is -0.497 e. The first-order valence-corrected chi connectivity index (χ1v) is 11.3. The van der Waals surface area contributed by atoms with Crippen molar-refractivity contribution >= 4 is 17.5 Å². The van der Waals surface area contributed by atoms with Crippen molar-refractivity contribution in [2.45, 2.75) is 51.3 Å². The molecule has 0 unspecified atom stereocenters. The second kappa shape index (κ2) is 9.09. The third-order valence-corrected chi connectivity index (χ3v) is 6.48. The van der Waals surface area contributed by atoms with Crippen LogP contribution in [0.3, 0.4) is 0 Å². The van der Waals surface area contributed by atoms with Crippen LogP contribution in [0, 0.1) is 5.92 Å². The molecule has 2 aliphatic rings. The fraction of sp³-hybridized carbons (Fsp3) is 0.480. The van der Waals surface area contributed by atoms with Crippen LogP contribution in [0.1, 0.15) is 50.3 Å². The van der Waals surface area contributed by atoms with E-state index in [4.69, 9.17) is 21.1 Å². The Bertz CT molecular complexity index is 938. The summed E-state index contributed by atoms with van der Waals surface area (Å²) < 4.78 is 11.5. The molecule has 6 heteroatoms. The van der Waals surface area contributed by atoms with Crippen molar-refractivity contribution in [2.75, 3.05) is 20.2 Å². The molecule has 1 fully saturated rings. The Labute approximate surface area is 189 Å². The summed E-state index contributed by atoms with van der Waals surface area (Å²) >= 11 is 6.11. The molecule has 31 heavy (non-hydrogen) atoms. The van der Waals surface area contributed by atoms with Crippen molar-refractivity contribution in [1.82, 2.24) is 10.2 Å². The number of carbonyl (C=O) groups is 1. The summed E-state index contributed by atoms with van der Waals surface area (Å²) in [5.41, 5.74) is 1.87. The highest BCUT2D eigenvalue weighted by Gasteiger charge is 2.36. The molecule has 1 saturated heterocycles. The molecule has 1 amide bonds. The fourth-order valence-electron chi connectivity index (χ4n) is 4.62. The monoisotopic (exact) mass is 442 g/mol. The van der Waals surface area contributed by atoms with Crippen LogP contribution >= 0.6 is 11.6 Å². The van der Waals surface area contributed by atoms with Crippen molar-refractivity contribution in [2.24, 2.45) is 5.92 Å². The summed E-state index contributed by atoms with van der Waals surface area (Å²) in [5.74, 6) is 1.77. The number of hydrogen-bond donors (Lipinski definition) is 1. The van der Waals surface area contributed by atoms with Gasteiger partial charge in [-0.25, -0.2) is 0 Å². The topological polar surface area (TPSA) is 50.8 Å². The molecule has 0 aromatic heterocycles. The molecule has 166 valence electrons. The molecule has 0 spiro atoms. The maximum Gasteiger partial charge on any atom is 0.223 e. The van der Waals surface area contributed by atoms with Crippen LogP contribution in [-0.4, -0.2) is 36.6 Å². The van der Waals surface area contributed by atoms with Crippen molar-refractivity contribution in [3.05, 3.63) is 58.6 Å². The van der Waals surface area contributed by atoms with Gasteiger partial charge in [-0.05, 0) is 75.7 Å². The summed E-state index contributed by atoms with van der Waals surface area (Å²) in [4.78, 5) is 15.5. The lowest BCUT2D eigenvalue weighted by Gasteiger charge is -2.39. The van der Waals surface area contributed by atoms with E-state index in [0.29, 0.717) is 0 Å². The Balaban J connectivity index is 1.38. The molecule has 0 bridgehead atoms. The number of likely N-dealkylation sites (tertiary alicyclic amines) is 1. The number of hydrogen-bond acceptors (Lipinski definition) is 4. The average Bonchev–Trinajstić information content (AvgIpc) is 2.73. The third-order valence-electron chi connectivity index (χ3n) is 6.24. The van der Waals surface area contributed by atoms with E-state index in [1.54, 1.807) is 7.11 Å². The molecule has 2 aromatic carbocycles. The summed E-state index contributed by atoms with van der Waals surface area (Å²) in [5, 5.41) is 4.08. The van der Waals surface area contributed by atoms with E-state index in [-0.39, 0.29) is 23.5 Å². The molecule has 0 aliphatic carbocycles. The summed E-state index contributed by atoms with van der Waals surface area (Å²) in [6, 6.07) is 13.7. The fourth-order valence-corrected chi connectivity index (χ4v) is 4.84. The van der Waals surface area contributed by atoms with E-state index in [0.717, 1.165) is 61.0 Å². The second-order valence-corrected chi connectivity index (χ2v) is 9.65. The minimum absolute atomic E-state index is 0.0376. The highest BCUT2D eigenvalue weighted by Crippen LogP contribution is 2.41. The standard InChI is InChI=1S/C25H31ClN2O3/c1-25(2)15-22(21-14-20(30-3)7-8-23(21)31-25)27-24(29)18-9-11-28(12-10-18)16-17-5-4-6-19(26)13-17/h4-8,13-14,18,22H,9-12,15-16H2,1-3H3,(H,27,29)/t22-/m1/s1. The highest BCUT2D eigenvalue weighted by molar-refractivity contribution is 6.30. The van der Waals surface area contributed by atoms with Gasteiger partial charge in [0.25, 0.3) is 0 Å². The number of nitrogens with zero attached hydrogens (tertiary/aromatic N) is 1. The molecule has 0 radical (unpaired) electrons. The lowest BCUT2D eigenvalue weighted by molar-refractivity contribution is -0.127. The van der Waals surface area contributed by atoms with Gasteiger partial charge in [-0.1, -0.05) is 23.7 Å². The lowest BCUT2D eigenvalue weighted by Crippen LogP contribution is -2.45. The van der Waals surface area contributed by atoms with Gasteiger partial charge in [0.1, 0.15) is 17.1 Å². The van der Waals surface area contributed by atoms with Gasteiger partial charge in [0.15, 0.2) is 0 Å². The third kappa shape index (κ3) is 5.34. The van der Waals surface area contributed by atoms with E-state index in [1.165, 1.54) is 5.56 Å². The van der Waals surface area contributed by atoms with Gasteiger partial charge in [0, 0.05) is 29.5 Å². The normalized spacial score (nSPS) is 21.1. The molecular formula is C25H31ClN2O3. The Kier molecular flexibility index (Phi) is 6.44. The van der Waals surface area contributed by atoms with E-state index in [2.05, 4.69) is 30.1 Å². The molecule has 2 aromatic rings. The van der Waals surface area contributed by atoms with Crippen LogP contribution in [0.25, 0.3) is 0 Å². The first kappa shape index (κ1) is 22.0. The summed E-state index contributed by atoms with van der Waals surface area (Å²) in [6.07, 6.45) is 2.46.